The van der Waals surface area contributed by atoms with Gasteiger partial charge in [-0.25, -0.2) is 0 Å². The zero-order chi connectivity index (χ0) is 15.8. The lowest BCUT2D eigenvalue weighted by atomic mass is 9.87. The maximum Gasteiger partial charge on any atom is 0.191 e. The summed E-state index contributed by atoms with van der Waals surface area (Å²) in [5, 5.41) is 15.0. The molecule has 1 heterocycles. The standard InChI is InChI=1S/C16H30N6/c1-4-15-21-19-12-22(15)10-9-18-16(17-5-2)20-14-8-6-7-13(3)11-14/h12-14H,4-11H2,1-3H3,(H2,17,18,20). The van der Waals surface area contributed by atoms with Gasteiger partial charge in [0.05, 0.1) is 6.54 Å². The molecule has 0 spiro atoms. The fourth-order valence-corrected chi connectivity index (χ4v) is 3.09. The van der Waals surface area contributed by atoms with E-state index in [-0.39, 0.29) is 0 Å². The van der Waals surface area contributed by atoms with Crippen molar-refractivity contribution < 1.29 is 0 Å². The Morgan fingerprint density at radius 2 is 2.27 bits per heavy atom. The third-order valence-corrected chi connectivity index (χ3v) is 4.24. The monoisotopic (exact) mass is 306 g/mol. The minimum absolute atomic E-state index is 0.558. The number of nitrogens with zero attached hydrogens (tertiary/aromatic N) is 4. The predicted molar refractivity (Wildman–Crippen MR) is 89.9 cm³/mol. The Morgan fingerprint density at radius 3 is 3.00 bits per heavy atom. The summed E-state index contributed by atoms with van der Waals surface area (Å²) in [5.74, 6) is 2.78. The Hall–Kier alpha value is -1.59. The molecule has 0 bridgehead atoms. The fraction of sp³-hybridized carbons (Fsp3) is 0.812. The predicted octanol–water partition coefficient (Wildman–Crippen LogP) is 1.97. The Bertz CT molecular complexity index is 467. The maximum atomic E-state index is 4.70. The largest absolute Gasteiger partial charge is 0.357 e. The summed E-state index contributed by atoms with van der Waals surface area (Å²) >= 11 is 0. The van der Waals surface area contributed by atoms with Crippen molar-refractivity contribution in [3.05, 3.63) is 12.2 Å². The Kier molecular flexibility index (Phi) is 6.68. The number of aliphatic imine (C=N–C) groups is 1. The number of hydrogen-bond donors (Lipinski definition) is 2. The van der Waals surface area contributed by atoms with Gasteiger partial charge in [-0.15, -0.1) is 10.2 Å². The molecular formula is C16H30N6. The third kappa shape index (κ3) is 5.00. The van der Waals surface area contributed by atoms with Gasteiger partial charge in [0.2, 0.25) is 0 Å². The van der Waals surface area contributed by atoms with Gasteiger partial charge in [-0.1, -0.05) is 26.7 Å². The van der Waals surface area contributed by atoms with Crippen LogP contribution in [-0.4, -0.2) is 39.9 Å². The number of guanidine groups is 1. The van der Waals surface area contributed by atoms with E-state index < -0.39 is 0 Å². The van der Waals surface area contributed by atoms with E-state index >= 15 is 0 Å². The van der Waals surface area contributed by atoms with E-state index in [4.69, 9.17) is 4.99 Å². The Balaban J connectivity index is 1.86. The van der Waals surface area contributed by atoms with Crippen LogP contribution in [0.5, 0.6) is 0 Å². The van der Waals surface area contributed by atoms with Gasteiger partial charge < -0.3 is 15.2 Å². The second-order valence-electron chi connectivity index (χ2n) is 6.17. The molecule has 2 unspecified atom stereocenters. The fourth-order valence-electron chi connectivity index (χ4n) is 3.09. The molecule has 1 saturated carbocycles. The van der Waals surface area contributed by atoms with Crippen LogP contribution in [0.3, 0.4) is 0 Å². The highest BCUT2D eigenvalue weighted by atomic mass is 15.3. The first-order valence-electron chi connectivity index (χ1n) is 8.64. The Labute approximate surface area is 133 Å². The van der Waals surface area contributed by atoms with Crippen LogP contribution >= 0.6 is 0 Å². The van der Waals surface area contributed by atoms with E-state index in [0.29, 0.717) is 6.04 Å². The molecule has 0 amide bonds. The molecule has 1 fully saturated rings. The van der Waals surface area contributed by atoms with E-state index in [2.05, 4.69) is 46.2 Å². The van der Waals surface area contributed by atoms with Gasteiger partial charge in [0.1, 0.15) is 12.2 Å². The summed E-state index contributed by atoms with van der Waals surface area (Å²) in [6.07, 6.45) is 7.87. The van der Waals surface area contributed by atoms with E-state index in [1.54, 1.807) is 6.33 Å². The van der Waals surface area contributed by atoms with Crippen molar-refractivity contribution in [3.8, 4) is 0 Å². The summed E-state index contributed by atoms with van der Waals surface area (Å²) < 4.78 is 2.08. The van der Waals surface area contributed by atoms with Gasteiger partial charge in [-0.2, -0.15) is 0 Å². The van der Waals surface area contributed by atoms with Crippen molar-refractivity contribution in [1.82, 2.24) is 25.4 Å². The van der Waals surface area contributed by atoms with Crippen molar-refractivity contribution in [3.63, 3.8) is 0 Å². The number of aromatic nitrogens is 3. The van der Waals surface area contributed by atoms with E-state index in [0.717, 1.165) is 43.8 Å². The molecule has 0 aliphatic heterocycles. The van der Waals surface area contributed by atoms with Crippen LogP contribution in [0.25, 0.3) is 0 Å². The number of hydrogen-bond acceptors (Lipinski definition) is 3. The average Bonchev–Trinajstić information content (AvgIpc) is 2.95. The highest BCUT2D eigenvalue weighted by molar-refractivity contribution is 5.80. The second kappa shape index (κ2) is 8.76. The minimum atomic E-state index is 0.558. The van der Waals surface area contributed by atoms with Crippen molar-refractivity contribution in [1.29, 1.82) is 0 Å². The zero-order valence-corrected chi connectivity index (χ0v) is 14.2. The summed E-state index contributed by atoms with van der Waals surface area (Å²) in [4.78, 5) is 4.70. The molecule has 1 aromatic rings. The van der Waals surface area contributed by atoms with Gasteiger partial charge in [0.25, 0.3) is 0 Å². The molecule has 0 radical (unpaired) electrons. The molecule has 22 heavy (non-hydrogen) atoms. The molecule has 1 aliphatic carbocycles. The smallest absolute Gasteiger partial charge is 0.191 e. The third-order valence-electron chi connectivity index (χ3n) is 4.24. The van der Waals surface area contributed by atoms with Gasteiger partial charge in [-0.05, 0) is 25.7 Å². The molecule has 1 aliphatic rings. The lowest BCUT2D eigenvalue weighted by Crippen LogP contribution is -2.45. The van der Waals surface area contributed by atoms with Crippen molar-refractivity contribution in [2.75, 3.05) is 13.1 Å². The lowest BCUT2D eigenvalue weighted by molar-refractivity contribution is 0.324. The van der Waals surface area contributed by atoms with E-state index in [1.807, 2.05) is 0 Å². The number of nitrogens with one attached hydrogen (secondary N) is 2. The highest BCUT2D eigenvalue weighted by Crippen LogP contribution is 2.23. The van der Waals surface area contributed by atoms with Crippen LogP contribution < -0.4 is 10.6 Å². The molecule has 2 N–H and O–H groups in total. The molecule has 2 atom stereocenters. The molecule has 124 valence electrons. The Morgan fingerprint density at radius 1 is 1.41 bits per heavy atom. The number of aryl methyl sites for hydroxylation is 1. The van der Waals surface area contributed by atoms with Crippen LogP contribution in [0.1, 0.15) is 52.3 Å². The van der Waals surface area contributed by atoms with Gasteiger partial charge in [0.15, 0.2) is 5.96 Å². The summed E-state index contributed by atoms with van der Waals surface area (Å²) in [6, 6.07) is 0.558. The van der Waals surface area contributed by atoms with Crippen LogP contribution in [0.2, 0.25) is 0 Å². The van der Waals surface area contributed by atoms with Crippen LogP contribution in [0.15, 0.2) is 11.3 Å². The van der Waals surface area contributed by atoms with Crippen LogP contribution in [0, 0.1) is 5.92 Å². The van der Waals surface area contributed by atoms with E-state index in [1.165, 1.54) is 25.7 Å². The minimum Gasteiger partial charge on any atom is -0.357 e. The summed E-state index contributed by atoms with van der Waals surface area (Å²) in [7, 11) is 0. The molecule has 6 heteroatoms. The molecule has 6 nitrogen and oxygen atoms in total. The molecular weight excluding hydrogens is 276 g/mol. The summed E-state index contributed by atoms with van der Waals surface area (Å²) in [5.41, 5.74) is 0. The first kappa shape index (κ1) is 16.8. The van der Waals surface area contributed by atoms with E-state index in [9.17, 15) is 0 Å². The zero-order valence-electron chi connectivity index (χ0n) is 14.2. The normalized spacial score (nSPS) is 22.6. The molecule has 0 saturated heterocycles. The lowest BCUT2D eigenvalue weighted by Gasteiger charge is -2.28. The second-order valence-corrected chi connectivity index (χ2v) is 6.17. The van der Waals surface area contributed by atoms with Gasteiger partial charge in [-0.3, -0.25) is 4.99 Å². The average molecular weight is 306 g/mol. The maximum absolute atomic E-state index is 4.70. The molecule has 2 rings (SSSR count). The summed E-state index contributed by atoms with van der Waals surface area (Å²) in [6.45, 7) is 9.00. The van der Waals surface area contributed by atoms with Crippen molar-refractivity contribution in [2.24, 2.45) is 10.9 Å². The molecule has 1 aromatic heterocycles. The SMILES string of the molecule is CCNC(=NCCn1cnnc1CC)NC1CCCC(C)C1. The quantitative estimate of drug-likeness (QED) is 0.623. The van der Waals surface area contributed by atoms with Crippen molar-refractivity contribution >= 4 is 5.96 Å². The number of rotatable bonds is 6. The first-order valence-corrected chi connectivity index (χ1v) is 8.64. The first-order chi connectivity index (χ1) is 10.7. The van der Waals surface area contributed by atoms with Crippen LogP contribution in [0.4, 0.5) is 0 Å². The van der Waals surface area contributed by atoms with Crippen LogP contribution in [-0.2, 0) is 13.0 Å². The molecule has 0 aromatic carbocycles. The van der Waals surface area contributed by atoms with Gasteiger partial charge in [0, 0.05) is 25.6 Å². The topological polar surface area (TPSA) is 67.1 Å². The van der Waals surface area contributed by atoms with Gasteiger partial charge >= 0.3 is 0 Å². The van der Waals surface area contributed by atoms with Crippen molar-refractivity contribution in [2.45, 2.75) is 65.5 Å². The highest BCUT2D eigenvalue weighted by Gasteiger charge is 2.19.